The van der Waals surface area contributed by atoms with Crippen LogP contribution in [0.5, 0.6) is 0 Å². The van der Waals surface area contributed by atoms with Crippen LogP contribution in [0.4, 0.5) is 11.5 Å². The second kappa shape index (κ2) is 6.24. The van der Waals surface area contributed by atoms with E-state index in [2.05, 4.69) is 20.6 Å². The zero-order valence-corrected chi connectivity index (χ0v) is 10.4. The number of aromatic nitrogens is 4. The summed E-state index contributed by atoms with van der Waals surface area (Å²) in [6, 6.07) is 4.46. The first-order chi connectivity index (χ1) is 9.70. The molecule has 0 unspecified atom stereocenters. The van der Waals surface area contributed by atoms with Gasteiger partial charge in [0.25, 0.3) is 0 Å². The van der Waals surface area contributed by atoms with Crippen molar-refractivity contribution in [3.63, 3.8) is 0 Å². The molecule has 102 valence electrons. The molecule has 0 saturated carbocycles. The van der Waals surface area contributed by atoms with Gasteiger partial charge in [-0.15, -0.1) is 5.10 Å². The van der Waals surface area contributed by atoms with Crippen LogP contribution in [-0.2, 0) is 6.54 Å². The molecule has 2 heterocycles. The summed E-state index contributed by atoms with van der Waals surface area (Å²) in [5, 5.41) is 30.0. The minimum Gasteiger partial charge on any atom is -0.370 e. The third-order valence-corrected chi connectivity index (χ3v) is 2.52. The Kier molecular flexibility index (Phi) is 4.18. The van der Waals surface area contributed by atoms with Crippen LogP contribution in [0, 0.1) is 21.4 Å². The summed E-state index contributed by atoms with van der Waals surface area (Å²) in [5.74, 6) is 0.436. The topological polar surface area (TPSA) is 123 Å². The average molecular weight is 273 g/mol. The van der Waals surface area contributed by atoms with Crippen LogP contribution in [0.25, 0.3) is 0 Å². The molecule has 0 amide bonds. The Bertz CT molecular complexity index is 633. The van der Waals surface area contributed by atoms with E-state index in [1.165, 1.54) is 12.1 Å². The molecule has 1 N–H and O–H groups in total. The molecule has 2 aromatic rings. The van der Waals surface area contributed by atoms with Gasteiger partial charge in [-0.05, 0) is 12.5 Å². The molecule has 0 radical (unpaired) electrons. The third-order valence-electron chi connectivity index (χ3n) is 2.52. The number of hydrogen-bond acceptors (Lipinski definition) is 7. The van der Waals surface area contributed by atoms with Gasteiger partial charge < -0.3 is 5.32 Å². The zero-order chi connectivity index (χ0) is 14.4. The third kappa shape index (κ3) is 3.26. The van der Waals surface area contributed by atoms with E-state index in [9.17, 15) is 10.1 Å². The quantitative estimate of drug-likeness (QED) is 0.472. The van der Waals surface area contributed by atoms with Crippen molar-refractivity contribution in [2.24, 2.45) is 0 Å². The second-order valence-electron chi connectivity index (χ2n) is 3.88. The standard InChI is InChI=1S/C11H11N7O2/c12-8-9-10(18(19)20)2-3-11(15-9)13-4-1-6-17-7-5-14-16-17/h2-3,5,7H,1,4,6H2,(H,13,15). The molecule has 0 aliphatic rings. The normalized spacial score (nSPS) is 9.95. The maximum absolute atomic E-state index is 10.7. The summed E-state index contributed by atoms with van der Waals surface area (Å²) in [6.07, 6.45) is 4.15. The molecule has 0 bridgehead atoms. The van der Waals surface area contributed by atoms with E-state index in [1.807, 2.05) is 0 Å². The second-order valence-corrected chi connectivity index (χ2v) is 3.88. The fourth-order valence-electron chi connectivity index (χ4n) is 1.59. The van der Waals surface area contributed by atoms with Gasteiger partial charge in [0, 0.05) is 25.4 Å². The first kappa shape index (κ1) is 13.4. The molecule has 0 aromatic carbocycles. The molecule has 0 spiro atoms. The highest BCUT2D eigenvalue weighted by molar-refractivity contribution is 5.50. The molecule has 0 fully saturated rings. The van der Waals surface area contributed by atoms with Crippen molar-refractivity contribution in [3.05, 3.63) is 40.3 Å². The number of rotatable bonds is 6. The predicted octanol–water partition coefficient (Wildman–Crippen LogP) is 0.955. The maximum atomic E-state index is 10.7. The van der Waals surface area contributed by atoms with Crippen LogP contribution in [0.15, 0.2) is 24.5 Å². The summed E-state index contributed by atoms with van der Waals surface area (Å²) in [6.45, 7) is 1.31. The summed E-state index contributed by atoms with van der Waals surface area (Å²) >= 11 is 0. The van der Waals surface area contributed by atoms with Gasteiger partial charge in [0.15, 0.2) is 0 Å². The Morgan fingerprint density at radius 3 is 3.00 bits per heavy atom. The summed E-state index contributed by atoms with van der Waals surface area (Å²) < 4.78 is 1.70. The van der Waals surface area contributed by atoms with E-state index in [1.54, 1.807) is 23.1 Å². The molecular weight excluding hydrogens is 262 g/mol. The number of aryl methyl sites for hydroxylation is 1. The Balaban J connectivity index is 1.90. The van der Waals surface area contributed by atoms with Crippen LogP contribution in [0.3, 0.4) is 0 Å². The Morgan fingerprint density at radius 2 is 2.35 bits per heavy atom. The minimum atomic E-state index is -0.625. The largest absolute Gasteiger partial charge is 0.370 e. The molecule has 0 aliphatic carbocycles. The fraction of sp³-hybridized carbons (Fsp3) is 0.273. The first-order valence-corrected chi connectivity index (χ1v) is 5.84. The average Bonchev–Trinajstić information content (AvgIpc) is 2.96. The number of nitrogens with zero attached hydrogens (tertiary/aromatic N) is 6. The van der Waals surface area contributed by atoms with Gasteiger partial charge in [-0.25, -0.2) is 4.98 Å². The first-order valence-electron chi connectivity index (χ1n) is 5.84. The molecule has 20 heavy (non-hydrogen) atoms. The van der Waals surface area contributed by atoms with E-state index in [0.717, 1.165) is 6.42 Å². The molecule has 2 aromatic heterocycles. The smallest absolute Gasteiger partial charge is 0.305 e. The van der Waals surface area contributed by atoms with Crippen LogP contribution >= 0.6 is 0 Å². The fourth-order valence-corrected chi connectivity index (χ4v) is 1.59. The van der Waals surface area contributed by atoms with Gasteiger partial charge in [-0.1, -0.05) is 5.21 Å². The van der Waals surface area contributed by atoms with Crippen molar-refractivity contribution in [2.45, 2.75) is 13.0 Å². The van der Waals surface area contributed by atoms with Crippen LogP contribution in [0.1, 0.15) is 12.1 Å². The highest BCUT2D eigenvalue weighted by Gasteiger charge is 2.15. The van der Waals surface area contributed by atoms with E-state index in [0.29, 0.717) is 18.9 Å². The van der Waals surface area contributed by atoms with Gasteiger partial charge in [0.2, 0.25) is 5.69 Å². The highest BCUT2D eigenvalue weighted by Crippen LogP contribution is 2.17. The lowest BCUT2D eigenvalue weighted by Crippen LogP contribution is -2.09. The molecular formula is C11H11N7O2. The number of anilines is 1. The molecule has 9 heteroatoms. The molecule has 0 atom stereocenters. The SMILES string of the molecule is N#Cc1nc(NCCCn2ccnn2)ccc1[N+](=O)[O-]. The summed E-state index contributed by atoms with van der Waals surface area (Å²) in [7, 11) is 0. The number of nitro groups is 1. The number of hydrogen-bond donors (Lipinski definition) is 1. The summed E-state index contributed by atoms with van der Waals surface area (Å²) in [4.78, 5) is 13.9. The van der Waals surface area contributed by atoms with E-state index in [-0.39, 0.29) is 11.4 Å². The lowest BCUT2D eigenvalue weighted by Gasteiger charge is -2.05. The molecule has 9 nitrogen and oxygen atoms in total. The van der Waals surface area contributed by atoms with Crippen molar-refractivity contribution >= 4 is 11.5 Å². The maximum Gasteiger partial charge on any atom is 0.305 e. The van der Waals surface area contributed by atoms with Gasteiger partial charge >= 0.3 is 5.69 Å². The summed E-state index contributed by atoms with van der Waals surface area (Å²) in [5.41, 5.74) is -0.489. The Morgan fingerprint density at radius 1 is 1.50 bits per heavy atom. The monoisotopic (exact) mass is 273 g/mol. The number of nitrogens with one attached hydrogen (secondary N) is 1. The molecule has 2 rings (SSSR count). The van der Waals surface area contributed by atoms with Crippen molar-refractivity contribution < 1.29 is 4.92 Å². The van der Waals surface area contributed by atoms with Gasteiger partial charge in [0.1, 0.15) is 11.9 Å². The minimum absolute atomic E-state index is 0.198. The lowest BCUT2D eigenvalue weighted by atomic mass is 10.3. The van der Waals surface area contributed by atoms with Crippen molar-refractivity contribution in [2.75, 3.05) is 11.9 Å². The van der Waals surface area contributed by atoms with Crippen molar-refractivity contribution in [1.29, 1.82) is 5.26 Å². The van der Waals surface area contributed by atoms with Gasteiger partial charge in [0.05, 0.1) is 11.1 Å². The van der Waals surface area contributed by atoms with Crippen LogP contribution in [-0.4, -0.2) is 31.4 Å². The lowest BCUT2D eigenvalue weighted by molar-refractivity contribution is -0.385. The Labute approximate surface area is 114 Å². The van der Waals surface area contributed by atoms with Gasteiger partial charge in [-0.3, -0.25) is 14.8 Å². The number of nitriles is 1. The Hall–Kier alpha value is -3.02. The highest BCUT2D eigenvalue weighted by atomic mass is 16.6. The van der Waals surface area contributed by atoms with Crippen molar-refractivity contribution in [3.8, 4) is 6.07 Å². The van der Waals surface area contributed by atoms with E-state index >= 15 is 0 Å². The zero-order valence-electron chi connectivity index (χ0n) is 10.4. The predicted molar refractivity (Wildman–Crippen MR) is 68.7 cm³/mol. The van der Waals surface area contributed by atoms with E-state index < -0.39 is 4.92 Å². The van der Waals surface area contributed by atoms with Crippen molar-refractivity contribution in [1.82, 2.24) is 20.0 Å². The van der Waals surface area contributed by atoms with Gasteiger partial charge in [-0.2, -0.15) is 5.26 Å². The van der Waals surface area contributed by atoms with E-state index in [4.69, 9.17) is 5.26 Å². The van der Waals surface area contributed by atoms with Crippen LogP contribution in [0.2, 0.25) is 0 Å². The number of pyridine rings is 1. The van der Waals surface area contributed by atoms with Crippen LogP contribution < -0.4 is 5.32 Å². The molecule has 0 aliphatic heterocycles. The molecule has 0 saturated heterocycles.